The minimum Gasteiger partial charge on any atom is -0.480 e. The first-order chi connectivity index (χ1) is 17.6. The van der Waals surface area contributed by atoms with E-state index in [-0.39, 0.29) is 6.04 Å². The molecule has 1 aliphatic heterocycles. The summed E-state index contributed by atoms with van der Waals surface area (Å²) in [6.07, 6.45) is 9.27. The first kappa shape index (κ1) is 23.7. The van der Waals surface area contributed by atoms with Crippen LogP contribution < -0.4 is 14.4 Å². The second-order valence-corrected chi connectivity index (χ2v) is 8.72. The predicted molar refractivity (Wildman–Crippen MR) is 135 cm³/mol. The summed E-state index contributed by atoms with van der Waals surface area (Å²) >= 11 is 0. The third-order valence-corrected chi connectivity index (χ3v) is 6.14. The van der Waals surface area contributed by atoms with Gasteiger partial charge in [-0.1, -0.05) is 0 Å². The lowest BCUT2D eigenvalue weighted by atomic mass is 10.1. The number of rotatable bonds is 8. The Morgan fingerprint density at radius 2 is 1.97 bits per heavy atom. The topological polar surface area (TPSA) is 100 Å². The van der Waals surface area contributed by atoms with E-state index in [2.05, 4.69) is 20.0 Å². The maximum atomic E-state index is 6.30. The summed E-state index contributed by atoms with van der Waals surface area (Å²) in [6, 6.07) is 7.74. The van der Waals surface area contributed by atoms with Crippen LogP contribution in [0.25, 0.3) is 22.5 Å². The molecule has 10 nitrogen and oxygen atoms in total. The van der Waals surface area contributed by atoms with Gasteiger partial charge >= 0.3 is 0 Å². The predicted octanol–water partition coefficient (Wildman–Crippen LogP) is 4.06. The molecule has 0 unspecified atom stereocenters. The molecule has 5 rings (SSSR count). The Balaban J connectivity index is 1.48. The van der Waals surface area contributed by atoms with Crippen molar-refractivity contribution in [2.75, 3.05) is 32.3 Å². The summed E-state index contributed by atoms with van der Waals surface area (Å²) in [5, 5.41) is 4.23. The van der Waals surface area contributed by atoms with E-state index in [1.807, 2.05) is 44.4 Å². The lowest BCUT2D eigenvalue weighted by molar-refractivity contribution is 0.180. The Kier molecular flexibility index (Phi) is 6.77. The molecule has 0 amide bonds. The summed E-state index contributed by atoms with van der Waals surface area (Å²) in [5.41, 5.74) is 3.78. The van der Waals surface area contributed by atoms with Gasteiger partial charge in [-0.05, 0) is 38.0 Å². The van der Waals surface area contributed by atoms with E-state index in [0.29, 0.717) is 41.2 Å². The molecule has 0 aliphatic carbocycles. The maximum Gasteiger partial charge on any atom is 0.228 e. The van der Waals surface area contributed by atoms with Crippen molar-refractivity contribution in [2.45, 2.75) is 25.8 Å². The van der Waals surface area contributed by atoms with Crippen LogP contribution in [-0.4, -0.2) is 63.1 Å². The highest BCUT2D eigenvalue weighted by Gasteiger charge is 2.28. The average Bonchev–Trinajstić information content (AvgIpc) is 3.54. The largest absolute Gasteiger partial charge is 0.480 e. The highest BCUT2D eigenvalue weighted by Crippen LogP contribution is 2.37. The molecule has 4 aromatic rings. The standard InChI is InChI=1S/C26H29N7O3/c1-17-7-8-23(36-20-9-10-27-22(12-20)18-13-29-32(2)15-18)24(30-17)21-14-28-26(31-25(21)35-4)33-11-5-6-19(33)16-34-3/h7-10,12-15,19H,5-6,11,16H2,1-4H3/t19-/m1/s1. The van der Waals surface area contributed by atoms with Gasteiger partial charge < -0.3 is 19.1 Å². The van der Waals surface area contributed by atoms with Crippen molar-refractivity contribution in [2.24, 2.45) is 7.05 Å². The molecule has 5 heterocycles. The Labute approximate surface area is 209 Å². The fourth-order valence-electron chi connectivity index (χ4n) is 4.41. The first-order valence-electron chi connectivity index (χ1n) is 11.8. The number of hydrogen-bond acceptors (Lipinski definition) is 9. The number of anilines is 1. The van der Waals surface area contributed by atoms with E-state index in [4.69, 9.17) is 24.2 Å². The molecule has 1 atom stereocenters. The van der Waals surface area contributed by atoms with E-state index in [1.165, 1.54) is 0 Å². The van der Waals surface area contributed by atoms with E-state index in [1.54, 1.807) is 37.5 Å². The van der Waals surface area contributed by atoms with Gasteiger partial charge in [0.25, 0.3) is 0 Å². The number of aromatic nitrogens is 6. The zero-order chi connectivity index (χ0) is 25.1. The molecule has 0 radical (unpaired) electrons. The number of pyridine rings is 2. The van der Waals surface area contributed by atoms with Crippen LogP contribution in [0.15, 0.2) is 49.1 Å². The molecule has 0 spiro atoms. The van der Waals surface area contributed by atoms with Crippen molar-refractivity contribution < 1.29 is 14.2 Å². The van der Waals surface area contributed by atoms with Crippen LogP contribution in [-0.2, 0) is 11.8 Å². The summed E-state index contributed by atoms with van der Waals surface area (Å²) in [6.45, 7) is 3.45. The zero-order valence-corrected chi connectivity index (χ0v) is 20.9. The Bertz CT molecular complexity index is 1360. The van der Waals surface area contributed by atoms with Crippen LogP contribution in [0.2, 0.25) is 0 Å². The third kappa shape index (κ3) is 4.85. The zero-order valence-electron chi connectivity index (χ0n) is 20.9. The molecule has 0 saturated carbocycles. The summed E-state index contributed by atoms with van der Waals surface area (Å²) in [4.78, 5) is 20.8. The van der Waals surface area contributed by atoms with Crippen LogP contribution in [0.1, 0.15) is 18.5 Å². The number of ether oxygens (including phenoxy) is 3. The molecular weight excluding hydrogens is 458 g/mol. The normalized spacial score (nSPS) is 15.3. The van der Waals surface area contributed by atoms with Gasteiger partial charge in [0, 0.05) is 56.6 Å². The molecule has 4 aromatic heterocycles. The highest BCUT2D eigenvalue weighted by atomic mass is 16.5. The lowest BCUT2D eigenvalue weighted by Gasteiger charge is -2.24. The Morgan fingerprint density at radius 1 is 1.08 bits per heavy atom. The van der Waals surface area contributed by atoms with Crippen LogP contribution in [0.5, 0.6) is 17.4 Å². The van der Waals surface area contributed by atoms with Crippen molar-refractivity contribution >= 4 is 5.95 Å². The molecular formula is C26H29N7O3. The van der Waals surface area contributed by atoms with Crippen molar-refractivity contribution in [3.05, 3.63) is 54.7 Å². The molecule has 0 aromatic carbocycles. The molecule has 0 N–H and O–H groups in total. The van der Waals surface area contributed by atoms with E-state index in [0.717, 1.165) is 36.3 Å². The monoisotopic (exact) mass is 487 g/mol. The fourth-order valence-corrected chi connectivity index (χ4v) is 4.41. The van der Waals surface area contributed by atoms with Gasteiger partial charge in [-0.15, -0.1) is 0 Å². The average molecular weight is 488 g/mol. The van der Waals surface area contributed by atoms with Gasteiger partial charge in [-0.2, -0.15) is 10.1 Å². The minimum absolute atomic E-state index is 0.252. The molecule has 1 fully saturated rings. The number of aryl methyl sites for hydroxylation is 2. The fraction of sp³-hybridized carbons (Fsp3) is 0.346. The quantitative estimate of drug-likeness (QED) is 0.364. The maximum absolute atomic E-state index is 6.30. The number of methoxy groups -OCH3 is 2. The summed E-state index contributed by atoms with van der Waals surface area (Å²) in [5.74, 6) is 2.26. The second-order valence-electron chi connectivity index (χ2n) is 8.72. The third-order valence-electron chi connectivity index (χ3n) is 6.14. The van der Waals surface area contributed by atoms with Gasteiger partial charge in [-0.25, -0.2) is 9.97 Å². The van der Waals surface area contributed by atoms with Crippen molar-refractivity contribution in [3.8, 4) is 39.9 Å². The van der Waals surface area contributed by atoms with E-state index < -0.39 is 0 Å². The molecule has 1 saturated heterocycles. The Morgan fingerprint density at radius 3 is 2.75 bits per heavy atom. The van der Waals surface area contributed by atoms with Gasteiger partial charge in [-0.3, -0.25) is 9.67 Å². The van der Waals surface area contributed by atoms with Crippen molar-refractivity contribution in [1.29, 1.82) is 0 Å². The molecule has 0 bridgehead atoms. The highest BCUT2D eigenvalue weighted by molar-refractivity contribution is 5.71. The van der Waals surface area contributed by atoms with E-state index in [9.17, 15) is 0 Å². The van der Waals surface area contributed by atoms with Gasteiger partial charge in [0.2, 0.25) is 11.8 Å². The Hall–Kier alpha value is -4.05. The van der Waals surface area contributed by atoms with Crippen LogP contribution in [0, 0.1) is 6.92 Å². The SMILES string of the molecule is COC[C@H]1CCCN1c1ncc(-c2nc(C)ccc2Oc2ccnc(-c3cnn(C)c3)c2)c(OC)n1. The van der Waals surface area contributed by atoms with Crippen molar-refractivity contribution in [1.82, 2.24) is 29.7 Å². The van der Waals surface area contributed by atoms with Crippen LogP contribution in [0.4, 0.5) is 5.95 Å². The van der Waals surface area contributed by atoms with Crippen molar-refractivity contribution in [3.63, 3.8) is 0 Å². The molecule has 10 heteroatoms. The summed E-state index contributed by atoms with van der Waals surface area (Å²) in [7, 11) is 5.19. The lowest BCUT2D eigenvalue weighted by Crippen LogP contribution is -2.34. The number of hydrogen-bond donors (Lipinski definition) is 0. The molecule has 36 heavy (non-hydrogen) atoms. The summed E-state index contributed by atoms with van der Waals surface area (Å²) < 4.78 is 19.1. The first-order valence-corrected chi connectivity index (χ1v) is 11.8. The molecule has 186 valence electrons. The second kappa shape index (κ2) is 10.3. The van der Waals surface area contributed by atoms with Gasteiger partial charge in [0.15, 0.2) is 5.75 Å². The smallest absolute Gasteiger partial charge is 0.228 e. The van der Waals surface area contributed by atoms with Crippen LogP contribution in [0.3, 0.4) is 0 Å². The van der Waals surface area contributed by atoms with Gasteiger partial charge in [0.1, 0.15) is 11.4 Å². The molecule has 1 aliphatic rings. The van der Waals surface area contributed by atoms with E-state index >= 15 is 0 Å². The minimum atomic E-state index is 0.252. The van der Waals surface area contributed by atoms with Crippen LogP contribution >= 0.6 is 0 Å². The number of nitrogens with zero attached hydrogens (tertiary/aromatic N) is 7. The van der Waals surface area contributed by atoms with Gasteiger partial charge in [0.05, 0.1) is 37.2 Å².